The molecular formula is C19H19F3N4O5S. The summed E-state index contributed by atoms with van der Waals surface area (Å²) in [4.78, 5) is 9.05. The van der Waals surface area contributed by atoms with Crippen molar-refractivity contribution in [3.05, 3.63) is 47.3 Å². The number of hydrogen-bond acceptors (Lipinski definition) is 8. The molecule has 0 atom stereocenters. The van der Waals surface area contributed by atoms with Crippen LogP contribution in [0.1, 0.15) is 13.8 Å². The molecule has 0 amide bonds. The van der Waals surface area contributed by atoms with E-state index in [0.29, 0.717) is 22.5 Å². The lowest BCUT2D eigenvalue weighted by Gasteiger charge is -2.34. The van der Waals surface area contributed by atoms with Gasteiger partial charge in [-0.3, -0.25) is 0 Å². The summed E-state index contributed by atoms with van der Waals surface area (Å²) in [5, 5.41) is 22.5. The van der Waals surface area contributed by atoms with Crippen LogP contribution in [0.3, 0.4) is 0 Å². The van der Waals surface area contributed by atoms with Crippen molar-refractivity contribution in [2.75, 3.05) is 17.9 Å². The lowest BCUT2D eigenvalue weighted by atomic mass is 9.92. The minimum absolute atomic E-state index is 0.152. The van der Waals surface area contributed by atoms with Crippen molar-refractivity contribution >= 4 is 27.2 Å². The topological polar surface area (TPSA) is 146 Å². The Balaban J connectivity index is 0.000000451. The quantitative estimate of drug-likeness (QED) is 0.667. The number of hydrazone groups is 1. The van der Waals surface area contributed by atoms with E-state index in [-0.39, 0.29) is 17.3 Å². The highest BCUT2D eigenvalue weighted by atomic mass is 32.2. The number of carboxylic acids is 1. The highest BCUT2D eigenvalue weighted by Crippen LogP contribution is 2.33. The summed E-state index contributed by atoms with van der Waals surface area (Å²) in [5.41, 5.74) is 7.64. The van der Waals surface area contributed by atoms with Gasteiger partial charge in [-0.15, -0.1) is 0 Å². The molecule has 0 saturated heterocycles. The van der Waals surface area contributed by atoms with Gasteiger partial charge in [0.2, 0.25) is 0 Å². The predicted octanol–water partition coefficient (Wildman–Crippen LogP) is 2.33. The van der Waals surface area contributed by atoms with Crippen LogP contribution in [0.25, 0.3) is 0 Å². The van der Waals surface area contributed by atoms with E-state index in [1.54, 1.807) is 12.1 Å². The minimum Gasteiger partial charge on any atom is -0.475 e. The number of aliphatic carboxylic acids is 1. The molecule has 0 radical (unpaired) electrons. The monoisotopic (exact) mass is 472 g/mol. The Hall–Kier alpha value is -3.37. The lowest BCUT2D eigenvalue weighted by Crippen LogP contribution is -2.39. The van der Waals surface area contributed by atoms with E-state index in [0.717, 1.165) is 6.26 Å². The number of anilines is 1. The van der Waals surface area contributed by atoms with Gasteiger partial charge in [0.15, 0.2) is 9.84 Å². The van der Waals surface area contributed by atoms with Gasteiger partial charge in [-0.2, -0.15) is 23.5 Å². The van der Waals surface area contributed by atoms with Gasteiger partial charge >= 0.3 is 12.1 Å². The molecule has 1 aromatic rings. The maximum atomic E-state index is 11.8. The fourth-order valence-corrected chi connectivity index (χ4v) is 3.34. The second kappa shape index (κ2) is 8.64. The molecule has 32 heavy (non-hydrogen) atoms. The van der Waals surface area contributed by atoms with Crippen molar-refractivity contribution in [2.45, 2.75) is 30.5 Å². The summed E-state index contributed by atoms with van der Waals surface area (Å²) in [6.45, 7) is 4.02. The zero-order chi connectivity index (χ0) is 24.5. The summed E-state index contributed by atoms with van der Waals surface area (Å²) in [7, 11) is -3.37. The second-order valence-corrected chi connectivity index (χ2v) is 9.27. The van der Waals surface area contributed by atoms with Crippen LogP contribution in [-0.4, -0.2) is 49.8 Å². The van der Waals surface area contributed by atoms with Crippen molar-refractivity contribution in [1.29, 1.82) is 5.26 Å². The Morgan fingerprint density at radius 2 is 1.97 bits per heavy atom. The Bertz CT molecular complexity index is 1180. The first-order valence-corrected chi connectivity index (χ1v) is 10.7. The molecule has 13 heteroatoms. The number of alkyl halides is 3. The normalized spacial score (nSPS) is 17.8. The van der Waals surface area contributed by atoms with E-state index in [4.69, 9.17) is 20.4 Å². The number of allylic oxidation sites excluding steroid dienone is 1. The first-order chi connectivity index (χ1) is 14.6. The van der Waals surface area contributed by atoms with E-state index in [1.807, 2.05) is 19.9 Å². The number of ether oxygens (including phenoxy) is 1. The van der Waals surface area contributed by atoms with E-state index in [2.05, 4.69) is 11.2 Å². The number of sulfone groups is 1. The molecule has 9 nitrogen and oxygen atoms in total. The summed E-state index contributed by atoms with van der Waals surface area (Å²) < 4.78 is 61.0. The predicted molar refractivity (Wildman–Crippen MR) is 108 cm³/mol. The number of carbonyl (C=O) groups is 1. The maximum absolute atomic E-state index is 11.8. The number of benzene rings is 1. The summed E-state index contributed by atoms with van der Waals surface area (Å²) in [6, 6.07) is 8.39. The van der Waals surface area contributed by atoms with Gasteiger partial charge < -0.3 is 15.6 Å². The van der Waals surface area contributed by atoms with Crippen LogP contribution >= 0.6 is 0 Å². The Morgan fingerprint density at radius 3 is 2.47 bits per heavy atom. The van der Waals surface area contributed by atoms with Gasteiger partial charge in [-0.05, 0) is 38.1 Å². The smallest absolute Gasteiger partial charge is 0.475 e. The van der Waals surface area contributed by atoms with Crippen LogP contribution in [0.2, 0.25) is 0 Å². The molecule has 0 aliphatic carbocycles. The molecule has 0 unspecified atom stereocenters. The van der Waals surface area contributed by atoms with Crippen molar-refractivity contribution in [2.24, 2.45) is 10.8 Å². The highest BCUT2D eigenvalue weighted by Gasteiger charge is 2.38. The van der Waals surface area contributed by atoms with Crippen LogP contribution in [0, 0.1) is 11.3 Å². The van der Waals surface area contributed by atoms with Crippen LogP contribution < -0.4 is 10.7 Å². The Labute approximate surface area is 181 Å². The molecule has 3 rings (SSSR count). The average Bonchev–Trinajstić information content (AvgIpc) is 2.66. The van der Waals surface area contributed by atoms with Crippen LogP contribution in [-0.2, 0) is 19.4 Å². The van der Waals surface area contributed by atoms with Crippen molar-refractivity contribution in [1.82, 2.24) is 0 Å². The first-order valence-electron chi connectivity index (χ1n) is 8.82. The van der Waals surface area contributed by atoms with Crippen LogP contribution in [0.5, 0.6) is 0 Å². The highest BCUT2D eigenvalue weighted by molar-refractivity contribution is 7.90. The second-order valence-electron chi connectivity index (χ2n) is 7.25. The van der Waals surface area contributed by atoms with E-state index >= 15 is 0 Å². The average molecular weight is 472 g/mol. The van der Waals surface area contributed by atoms with Crippen molar-refractivity contribution < 1.29 is 36.2 Å². The van der Waals surface area contributed by atoms with Gasteiger partial charge in [-0.1, -0.05) is 6.07 Å². The van der Waals surface area contributed by atoms with Gasteiger partial charge in [0, 0.05) is 11.8 Å². The number of nitriles is 1. The third-order valence-electron chi connectivity index (χ3n) is 4.20. The molecular weight excluding hydrogens is 453 g/mol. The molecule has 3 N–H and O–H groups in total. The van der Waals surface area contributed by atoms with E-state index < -0.39 is 27.6 Å². The van der Waals surface area contributed by atoms with Crippen molar-refractivity contribution in [3.8, 4) is 6.07 Å². The third kappa shape index (κ3) is 5.65. The number of rotatable bonds is 2. The van der Waals surface area contributed by atoms with Gasteiger partial charge in [0.05, 0.1) is 28.5 Å². The molecule has 0 saturated carbocycles. The van der Waals surface area contributed by atoms with E-state index in [9.17, 15) is 26.9 Å². The Morgan fingerprint density at radius 1 is 1.38 bits per heavy atom. The molecule has 2 heterocycles. The Kier molecular flexibility index (Phi) is 6.72. The number of nitrogens with two attached hydrogens (primary N) is 1. The number of hydrogen-bond donors (Lipinski definition) is 2. The molecule has 172 valence electrons. The lowest BCUT2D eigenvalue weighted by molar-refractivity contribution is -0.192. The fraction of sp³-hybridized carbons (Fsp3) is 0.316. The molecule has 0 bridgehead atoms. The summed E-state index contributed by atoms with van der Waals surface area (Å²) in [5.74, 6) is -2.60. The molecule has 2 aliphatic heterocycles. The van der Waals surface area contributed by atoms with Crippen LogP contribution in [0.4, 0.5) is 18.9 Å². The number of carboxylic acid groups (broad SMARTS) is 1. The van der Waals surface area contributed by atoms with Gasteiger partial charge in [-0.25, -0.2) is 18.2 Å². The molecule has 1 aromatic carbocycles. The standard InChI is InChI=1S/C17H18N4O3S.C2HF3O2/c1-17(2)8-13-14(9-18)16(19)21(20-15(13)10-24-17)11-5-4-6-12(7-11)25(3,22)23;3-2(4,5)1(6)7/h4-8H,10,19H2,1-3H3;(H,6,7). The largest absolute Gasteiger partial charge is 0.490 e. The third-order valence-corrected chi connectivity index (χ3v) is 5.31. The SMILES string of the molecule is CC1(C)C=C2C(=NN(c3cccc(S(C)(=O)=O)c3)C(N)=C2C#N)CO1.O=C(O)C(F)(F)F. The van der Waals surface area contributed by atoms with Crippen molar-refractivity contribution in [3.63, 3.8) is 0 Å². The minimum atomic E-state index is -5.08. The van der Waals surface area contributed by atoms with Gasteiger partial charge in [0.25, 0.3) is 0 Å². The number of halogens is 3. The van der Waals surface area contributed by atoms with E-state index in [1.165, 1.54) is 17.1 Å². The zero-order valence-corrected chi connectivity index (χ0v) is 18.0. The molecule has 0 aromatic heterocycles. The molecule has 0 spiro atoms. The fourth-order valence-electron chi connectivity index (χ4n) is 2.68. The number of nitrogens with zero attached hydrogens (tertiary/aromatic N) is 3. The summed E-state index contributed by atoms with van der Waals surface area (Å²) in [6.07, 6.45) is -2.13. The molecule has 2 aliphatic rings. The molecule has 0 fully saturated rings. The number of fused-ring (bicyclic) bond motifs is 1. The van der Waals surface area contributed by atoms with Gasteiger partial charge in [0.1, 0.15) is 17.5 Å². The first kappa shape index (κ1) is 24.9. The maximum Gasteiger partial charge on any atom is 0.490 e. The zero-order valence-electron chi connectivity index (χ0n) is 17.1. The summed E-state index contributed by atoms with van der Waals surface area (Å²) >= 11 is 0. The van der Waals surface area contributed by atoms with Crippen LogP contribution in [0.15, 0.2) is 57.3 Å².